The molecular weight excluding hydrogens is 400 g/mol. The monoisotopic (exact) mass is 420 g/mol. The summed E-state index contributed by atoms with van der Waals surface area (Å²) in [6.07, 6.45) is 3.41. The first-order valence-corrected chi connectivity index (χ1v) is 10.2. The third kappa shape index (κ3) is 3.38. The number of pyridine rings is 2. The summed E-state index contributed by atoms with van der Waals surface area (Å²) in [7, 11) is 0. The van der Waals surface area contributed by atoms with Crippen LogP contribution < -0.4 is 11.0 Å². The van der Waals surface area contributed by atoms with Crippen molar-refractivity contribution in [3.8, 4) is 11.8 Å². The molecule has 0 saturated carbocycles. The normalized spacial score (nSPS) is 11.5. The zero-order chi connectivity index (χ0) is 22.3. The molecule has 0 fully saturated rings. The van der Waals surface area contributed by atoms with E-state index in [-0.39, 0.29) is 5.69 Å². The zero-order valence-electron chi connectivity index (χ0n) is 17.6. The van der Waals surface area contributed by atoms with Gasteiger partial charge in [-0.15, -0.1) is 0 Å². The highest BCUT2D eigenvalue weighted by Gasteiger charge is 2.20. The molecule has 0 amide bonds. The number of H-pyrrole nitrogens is 1. The molecule has 32 heavy (non-hydrogen) atoms. The number of aromatic amines is 1. The fourth-order valence-electron chi connectivity index (χ4n) is 3.72. The Hall–Kier alpha value is -4.44. The average Bonchev–Trinajstić information content (AvgIpc) is 3.14. The summed E-state index contributed by atoms with van der Waals surface area (Å²) in [6, 6.07) is 21.4. The van der Waals surface area contributed by atoms with Crippen LogP contribution in [0.1, 0.15) is 19.4 Å². The second-order valence-corrected chi connectivity index (χ2v) is 8.17. The van der Waals surface area contributed by atoms with Gasteiger partial charge in [0.15, 0.2) is 0 Å². The minimum atomic E-state index is -0.597. The number of imidazole rings is 1. The van der Waals surface area contributed by atoms with E-state index < -0.39 is 5.41 Å². The van der Waals surface area contributed by atoms with E-state index in [1.54, 1.807) is 17.0 Å². The maximum absolute atomic E-state index is 12.7. The second kappa shape index (κ2) is 7.36. The van der Waals surface area contributed by atoms with Crippen LogP contribution in [0.15, 0.2) is 77.9 Å². The van der Waals surface area contributed by atoms with Crippen LogP contribution >= 0.6 is 0 Å². The smallest absolute Gasteiger partial charge is 0.331 e. The molecule has 2 N–H and O–H groups in total. The highest BCUT2D eigenvalue weighted by molar-refractivity contribution is 5.84. The lowest BCUT2D eigenvalue weighted by Crippen LogP contribution is -2.16. The number of aromatic nitrogens is 4. The van der Waals surface area contributed by atoms with E-state index in [0.29, 0.717) is 22.5 Å². The van der Waals surface area contributed by atoms with Gasteiger partial charge in [0, 0.05) is 23.3 Å². The van der Waals surface area contributed by atoms with Gasteiger partial charge in [0.05, 0.1) is 39.9 Å². The quantitative estimate of drug-likeness (QED) is 0.435. The Morgan fingerprint density at radius 2 is 1.88 bits per heavy atom. The average molecular weight is 420 g/mol. The minimum Gasteiger partial charge on any atom is -0.340 e. The van der Waals surface area contributed by atoms with E-state index in [2.05, 4.69) is 26.3 Å². The summed E-state index contributed by atoms with van der Waals surface area (Å²) >= 11 is 0. The van der Waals surface area contributed by atoms with E-state index in [1.165, 1.54) is 0 Å². The Kier molecular flexibility index (Phi) is 4.49. The number of hydrogen-bond acceptors (Lipinski definition) is 5. The Morgan fingerprint density at radius 3 is 2.66 bits per heavy atom. The Labute approximate surface area is 184 Å². The molecule has 156 valence electrons. The number of fused-ring (bicyclic) bond motifs is 2. The highest BCUT2D eigenvalue weighted by Crippen LogP contribution is 2.25. The van der Waals surface area contributed by atoms with Crippen molar-refractivity contribution in [1.82, 2.24) is 19.5 Å². The molecule has 0 aliphatic carbocycles. The fraction of sp³-hybridized carbons (Fsp3) is 0.120. The lowest BCUT2D eigenvalue weighted by Gasteiger charge is -2.16. The maximum Gasteiger partial charge on any atom is 0.331 e. The summed E-state index contributed by atoms with van der Waals surface area (Å²) < 4.78 is 1.61. The van der Waals surface area contributed by atoms with Crippen molar-refractivity contribution in [1.29, 1.82) is 5.26 Å². The Morgan fingerprint density at radius 1 is 1.06 bits per heavy atom. The molecule has 0 spiro atoms. The van der Waals surface area contributed by atoms with Crippen LogP contribution in [0.3, 0.4) is 0 Å². The van der Waals surface area contributed by atoms with Gasteiger partial charge in [0.25, 0.3) is 0 Å². The molecule has 3 aromatic heterocycles. The molecule has 0 unspecified atom stereocenters. The molecule has 0 radical (unpaired) electrons. The molecule has 0 aliphatic heterocycles. The van der Waals surface area contributed by atoms with Gasteiger partial charge < -0.3 is 10.3 Å². The van der Waals surface area contributed by atoms with Crippen molar-refractivity contribution in [3.05, 3.63) is 89.1 Å². The van der Waals surface area contributed by atoms with Crippen molar-refractivity contribution >= 4 is 33.4 Å². The van der Waals surface area contributed by atoms with Gasteiger partial charge in [-0.05, 0) is 55.8 Å². The van der Waals surface area contributed by atoms with Crippen LogP contribution in [0, 0.1) is 11.3 Å². The van der Waals surface area contributed by atoms with Gasteiger partial charge >= 0.3 is 5.69 Å². The first-order valence-electron chi connectivity index (χ1n) is 10.2. The fourth-order valence-corrected chi connectivity index (χ4v) is 3.72. The third-order valence-electron chi connectivity index (χ3n) is 5.57. The molecule has 3 heterocycles. The van der Waals surface area contributed by atoms with E-state index in [0.717, 1.165) is 22.2 Å². The van der Waals surface area contributed by atoms with Crippen LogP contribution in [-0.2, 0) is 5.41 Å². The van der Waals surface area contributed by atoms with E-state index in [1.807, 2.05) is 74.5 Å². The van der Waals surface area contributed by atoms with Gasteiger partial charge in [-0.1, -0.05) is 18.2 Å². The number of nitriles is 1. The molecule has 2 aromatic carbocycles. The summed E-state index contributed by atoms with van der Waals surface area (Å²) in [6.45, 7) is 3.73. The number of anilines is 2. The Balaban J connectivity index is 1.53. The summed E-state index contributed by atoms with van der Waals surface area (Å²) in [4.78, 5) is 24.3. The van der Waals surface area contributed by atoms with Crippen LogP contribution in [-0.4, -0.2) is 19.5 Å². The van der Waals surface area contributed by atoms with Crippen LogP contribution in [0.5, 0.6) is 0 Å². The van der Waals surface area contributed by atoms with Crippen LogP contribution in [0.25, 0.3) is 27.6 Å². The number of nitrogens with zero attached hydrogens (tertiary/aromatic N) is 4. The van der Waals surface area contributed by atoms with E-state index >= 15 is 0 Å². The molecule has 0 aliphatic rings. The molecule has 5 rings (SSSR count). The Bertz CT molecular complexity index is 1550. The SMILES string of the molecule is CC(C)(C#N)c1ccc(-n2c(=O)[nH]c3cnc(Nc4ccc5ncccc5c4)cc32)cc1. The van der Waals surface area contributed by atoms with Crippen molar-refractivity contribution in [3.63, 3.8) is 0 Å². The van der Waals surface area contributed by atoms with Gasteiger partial charge in [-0.25, -0.2) is 9.78 Å². The lowest BCUT2D eigenvalue weighted by atomic mass is 9.86. The van der Waals surface area contributed by atoms with Gasteiger partial charge in [0.2, 0.25) is 0 Å². The third-order valence-corrected chi connectivity index (χ3v) is 5.57. The van der Waals surface area contributed by atoms with Crippen molar-refractivity contribution in [2.24, 2.45) is 0 Å². The van der Waals surface area contributed by atoms with E-state index in [9.17, 15) is 10.1 Å². The summed E-state index contributed by atoms with van der Waals surface area (Å²) in [5, 5.41) is 13.7. The minimum absolute atomic E-state index is 0.247. The molecule has 0 atom stereocenters. The topological polar surface area (TPSA) is 99.4 Å². The molecule has 7 nitrogen and oxygen atoms in total. The van der Waals surface area contributed by atoms with Gasteiger partial charge in [-0.3, -0.25) is 9.55 Å². The number of hydrogen-bond donors (Lipinski definition) is 2. The largest absolute Gasteiger partial charge is 0.340 e. The first-order chi connectivity index (χ1) is 15.4. The van der Waals surface area contributed by atoms with Crippen LogP contribution in [0.4, 0.5) is 11.5 Å². The zero-order valence-corrected chi connectivity index (χ0v) is 17.6. The van der Waals surface area contributed by atoms with Crippen molar-refractivity contribution in [2.75, 3.05) is 5.32 Å². The lowest BCUT2D eigenvalue weighted by molar-refractivity contribution is 0.686. The first kappa shape index (κ1) is 19.5. The van der Waals surface area contributed by atoms with Crippen LogP contribution in [0.2, 0.25) is 0 Å². The van der Waals surface area contributed by atoms with Crippen molar-refractivity contribution in [2.45, 2.75) is 19.3 Å². The second-order valence-electron chi connectivity index (χ2n) is 8.17. The number of rotatable bonds is 4. The molecule has 0 saturated heterocycles. The predicted octanol–water partition coefficient (Wildman–Crippen LogP) is 4.81. The maximum atomic E-state index is 12.7. The summed E-state index contributed by atoms with van der Waals surface area (Å²) in [5.74, 6) is 0.621. The molecule has 5 aromatic rings. The van der Waals surface area contributed by atoms with Gasteiger partial charge in [0.1, 0.15) is 5.82 Å². The highest BCUT2D eigenvalue weighted by atomic mass is 16.1. The molecular formula is C25H20N6O. The predicted molar refractivity (Wildman–Crippen MR) is 125 cm³/mol. The molecule has 0 bridgehead atoms. The number of nitrogens with one attached hydrogen (secondary N) is 2. The van der Waals surface area contributed by atoms with Gasteiger partial charge in [-0.2, -0.15) is 5.26 Å². The number of benzene rings is 2. The standard InChI is InChI=1S/C25H20N6O/c1-25(2,15-26)17-5-8-19(9-6-17)31-22-13-23(28-14-21(22)30-24(31)32)29-18-7-10-20-16(12-18)4-3-11-27-20/h3-14H,1-2H3,(H,28,29)(H,30,32). The van der Waals surface area contributed by atoms with Crippen molar-refractivity contribution < 1.29 is 0 Å². The van der Waals surface area contributed by atoms with E-state index in [4.69, 9.17) is 0 Å². The molecule has 7 heteroatoms. The summed E-state index contributed by atoms with van der Waals surface area (Å²) in [5.41, 5.74) is 3.92.